The molecule has 0 aliphatic rings. The number of nitrogens with zero attached hydrogens (tertiary/aromatic N) is 2. The second kappa shape index (κ2) is 12.6. The van der Waals surface area contributed by atoms with Gasteiger partial charge in [-0.15, -0.1) is 0 Å². The first kappa shape index (κ1) is 25.8. The summed E-state index contributed by atoms with van der Waals surface area (Å²) in [4.78, 5) is 27.5. The number of hydrogen-bond acceptors (Lipinski definition) is 6. The molecule has 4 aromatic rings. The molecule has 0 saturated heterocycles. The molecule has 0 fully saturated rings. The molecule has 0 saturated carbocycles. The second-order valence-electron chi connectivity index (χ2n) is 9.00. The topological polar surface area (TPSA) is 105 Å². The van der Waals surface area contributed by atoms with Gasteiger partial charge < -0.3 is 14.9 Å². The molecule has 3 aromatic carbocycles. The minimum atomic E-state index is -0.882. The molecule has 0 aliphatic heterocycles. The van der Waals surface area contributed by atoms with Gasteiger partial charge in [0.1, 0.15) is 0 Å². The Hall–Kier alpha value is -4.26. The van der Waals surface area contributed by atoms with Crippen LogP contribution < -0.4 is 5.32 Å². The van der Waals surface area contributed by atoms with E-state index in [1.165, 1.54) is 0 Å². The highest BCUT2D eigenvalue weighted by molar-refractivity contribution is 5.96. The summed E-state index contributed by atoms with van der Waals surface area (Å²) < 4.78 is 5.45. The lowest BCUT2D eigenvalue weighted by Gasteiger charge is -2.21. The highest BCUT2D eigenvalue weighted by Gasteiger charge is 2.15. The smallest absolute Gasteiger partial charge is 0.303 e. The van der Waals surface area contributed by atoms with Gasteiger partial charge >= 0.3 is 5.97 Å². The Bertz CT molecular complexity index is 1300. The summed E-state index contributed by atoms with van der Waals surface area (Å²) in [5.74, 6) is 0.119. The van der Waals surface area contributed by atoms with Gasteiger partial charge in [0.2, 0.25) is 5.82 Å². The SMILES string of the molecule is CCCC[C@@H](Nc1ccc(C(=O)CCCC(=O)O)cc1)c1ccc(-c2noc(-c3ccccc3)n2)cc1. The molecular formula is C30H31N3O4. The molecule has 4 rings (SSSR count). The van der Waals surface area contributed by atoms with E-state index in [2.05, 4.69) is 34.5 Å². The zero-order chi connectivity index (χ0) is 26.0. The number of unbranched alkanes of at least 4 members (excludes halogenated alkanes) is 1. The van der Waals surface area contributed by atoms with Crippen LogP contribution in [0.5, 0.6) is 0 Å². The van der Waals surface area contributed by atoms with Crippen LogP contribution in [0.2, 0.25) is 0 Å². The van der Waals surface area contributed by atoms with Gasteiger partial charge in [-0.1, -0.05) is 67.4 Å². The average molecular weight is 498 g/mol. The molecule has 2 N–H and O–H groups in total. The normalized spacial score (nSPS) is 11.7. The van der Waals surface area contributed by atoms with E-state index in [1.54, 1.807) is 12.1 Å². The van der Waals surface area contributed by atoms with Crippen LogP contribution in [-0.4, -0.2) is 27.0 Å². The Morgan fingerprint density at radius 3 is 2.30 bits per heavy atom. The third-order valence-electron chi connectivity index (χ3n) is 6.21. The first-order valence-electron chi connectivity index (χ1n) is 12.6. The van der Waals surface area contributed by atoms with Crippen molar-refractivity contribution < 1.29 is 19.2 Å². The number of hydrogen-bond donors (Lipinski definition) is 2. The summed E-state index contributed by atoms with van der Waals surface area (Å²) in [6, 6.07) is 25.4. The summed E-state index contributed by atoms with van der Waals surface area (Å²) in [5, 5.41) is 16.5. The van der Waals surface area contributed by atoms with Crippen LogP contribution in [0.15, 0.2) is 83.4 Å². The van der Waals surface area contributed by atoms with E-state index >= 15 is 0 Å². The predicted octanol–water partition coefficient (Wildman–Crippen LogP) is 7.18. The fraction of sp³-hybridized carbons (Fsp3) is 0.267. The van der Waals surface area contributed by atoms with Crippen LogP contribution in [0.3, 0.4) is 0 Å². The number of aliphatic carboxylic acids is 1. The van der Waals surface area contributed by atoms with Gasteiger partial charge in [0.25, 0.3) is 5.89 Å². The number of rotatable bonds is 13. The minimum Gasteiger partial charge on any atom is -0.481 e. The molecular weight excluding hydrogens is 466 g/mol. The van der Waals surface area contributed by atoms with Crippen molar-refractivity contribution in [3.63, 3.8) is 0 Å². The lowest BCUT2D eigenvalue weighted by Crippen LogP contribution is -2.11. The summed E-state index contributed by atoms with van der Waals surface area (Å²) in [5.41, 5.74) is 4.44. The van der Waals surface area contributed by atoms with E-state index in [0.29, 0.717) is 23.7 Å². The molecule has 0 aliphatic carbocycles. The molecule has 1 aromatic heterocycles. The fourth-order valence-corrected chi connectivity index (χ4v) is 4.13. The number of carbonyl (C=O) groups is 2. The van der Waals surface area contributed by atoms with E-state index in [0.717, 1.165) is 41.6 Å². The maximum Gasteiger partial charge on any atom is 0.303 e. The number of benzene rings is 3. The van der Waals surface area contributed by atoms with E-state index in [-0.39, 0.29) is 24.7 Å². The van der Waals surface area contributed by atoms with E-state index in [1.807, 2.05) is 54.6 Å². The summed E-state index contributed by atoms with van der Waals surface area (Å²) in [6.07, 6.45) is 3.71. The number of nitrogens with one attached hydrogen (secondary N) is 1. The number of carboxylic acids is 1. The Labute approximate surface area is 216 Å². The van der Waals surface area contributed by atoms with Crippen molar-refractivity contribution in [2.45, 2.75) is 51.5 Å². The molecule has 0 bridgehead atoms. The van der Waals surface area contributed by atoms with Gasteiger partial charge in [-0.25, -0.2) is 0 Å². The van der Waals surface area contributed by atoms with Gasteiger partial charge in [-0.05, 0) is 54.8 Å². The third kappa shape index (κ3) is 7.13. The lowest BCUT2D eigenvalue weighted by molar-refractivity contribution is -0.137. The number of Topliss-reactive ketones (excluding diaryl/α,β-unsaturated/α-hetero) is 1. The van der Waals surface area contributed by atoms with Gasteiger partial charge in [-0.2, -0.15) is 4.98 Å². The van der Waals surface area contributed by atoms with E-state index in [4.69, 9.17) is 9.63 Å². The van der Waals surface area contributed by atoms with E-state index < -0.39 is 5.97 Å². The molecule has 0 unspecified atom stereocenters. The molecule has 37 heavy (non-hydrogen) atoms. The largest absolute Gasteiger partial charge is 0.481 e. The zero-order valence-electron chi connectivity index (χ0n) is 20.9. The summed E-state index contributed by atoms with van der Waals surface area (Å²) >= 11 is 0. The number of anilines is 1. The maximum absolute atomic E-state index is 12.3. The minimum absolute atomic E-state index is 0.00415. The monoisotopic (exact) mass is 497 g/mol. The second-order valence-corrected chi connectivity index (χ2v) is 9.00. The van der Waals surface area contributed by atoms with Crippen molar-refractivity contribution in [2.75, 3.05) is 5.32 Å². The quantitative estimate of drug-likeness (QED) is 0.188. The highest BCUT2D eigenvalue weighted by atomic mass is 16.5. The van der Waals surface area contributed by atoms with Gasteiger partial charge in [0.05, 0.1) is 6.04 Å². The van der Waals surface area contributed by atoms with Crippen molar-refractivity contribution in [2.24, 2.45) is 0 Å². The standard InChI is InChI=1S/C30H31N3O4/c1-2-3-10-26(31-25-19-17-22(18-20-25)27(34)11-7-12-28(35)36)21-13-15-23(16-14-21)29-32-30(37-33-29)24-8-5-4-6-9-24/h4-6,8-9,13-20,26,31H,2-3,7,10-12H2,1H3,(H,35,36)/t26-/m1/s1. The van der Waals surface area contributed by atoms with Crippen molar-refractivity contribution >= 4 is 17.4 Å². The van der Waals surface area contributed by atoms with Gasteiger partial charge in [0.15, 0.2) is 5.78 Å². The van der Waals surface area contributed by atoms with Gasteiger partial charge in [0, 0.05) is 35.2 Å². The average Bonchev–Trinajstić information content (AvgIpc) is 3.42. The molecule has 190 valence electrons. The molecule has 0 spiro atoms. The van der Waals surface area contributed by atoms with Crippen LogP contribution >= 0.6 is 0 Å². The Kier molecular flexibility index (Phi) is 8.81. The highest BCUT2D eigenvalue weighted by Crippen LogP contribution is 2.28. The van der Waals surface area contributed by atoms with Crippen molar-refractivity contribution in [3.05, 3.63) is 90.0 Å². The van der Waals surface area contributed by atoms with Gasteiger partial charge in [-0.3, -0.25) is 9.59 Å². The Morgan fingerprint density at radius 2 is 1.62 bits per heavy atom. The first-order chi connectivity index (χ1) is 18.0. The van der Waals surface area contributed by atoms with Crippen LogP contribution in [-0.2, 0) is 4.79 Å². The van der Waals surface area contributed by atoms with Crippen LogP contribution in [0.4, 0.5) is 5.69 Å². The predicted molar refractivity (Wildman–Crippen MR) is 143 cm³/mol. The number of aromatic nitrogens is 2. The maximum atomic E-state index is 12.3. The van der Waals surface area contributed by atoms with Crippen LogP contribution in [0.1, 0.15) is 67.4 Å². The zero-order valence-corrected chi connectivity index (χ0v) is 20.9. The van der Waals surface area contributed by atoms with Crippen LogP contribution in [0.25, 0.3) is 22.8 Å². The molecule has 0 amide bonds. The number of carboxylic acid groups (broad SMARTS) is 1. The van der Waals surface area contributed by atoms with Crippen LogP contribution in [0, 0.1) is 0 Å². The molecule has 0 radical (unpaired) electrons. The van der Waals surface area contributed by atoms with Crippen molar-refractivity contribution in [3.8, 4) is 22.8 Å². The summed E-state index contributed by atoms with van der Waals surface area (Å²) in [6.45, 7) is 2.17. The van der Waals surface area contributed by atoms with Crippen molar-refractivity contribution in [1.29, 1.82) is 0 Å². The third-order valence-corrected chi connectivity index (χ3v) is 6.21. The summed E-state index contributed by atoms with van der Waals surface area (Å²) in [7, 11) is 0. The molecule has 1 heterocycles. The molecule has 1 atom stereocenters. The number of ketones is 1. The van der Waals surface area contributed by atoms with E-state index in [9.17, 15) is 9.59 Å². The molecule has 7 nitrogen and oxygen atoms in total. The number of carbonyl (C=O) groups excluding carboxylic acids is 1. The Morgan fingerprint density at radius 1 is 0.892 bits per heavy atom. The van der Waals surface area contributed by atoms with Crippen molar-refractivity contribution in [1.82, 2.24) is 10.1 Å². The fourth-order valence-electron chi connectivity index (χ4n) is 4.13. The Balaban J connectivity index is 1.43. The lowest BCUT2D eigenvalue weighted by atomic mass is 9.99. The molecule has 7 heteroatoms. The first-order valence-corrected chi connectivity index (χ1v) is 12.6.